The number of rotatable bonds is 12. The SMILES string of the molecule is CCN1C(=O)C(C)(C)C(=O)N(C)c2cc(OCCCCNCc3ccnc(CCn4ccc5oc(C)cc5c4=O)c3)ccc21.Cl.Cl. The number of furan rings is 1. The summed E-state index contributed by atoms with van der Waals surface area (Å²) < 4.78 is 13.3. The maximum Gasteiger partial charge on any atom is 0.261 e. The molecule has 4 aromatic rings. The number of halogens is 2. The van der Waals surface area contributed by atoms with Crippen molar-refractivity contribution in [2.45, 2.75) is 60.0 Å². The molecule has 12 heteroatoms. The summed E-state index contributed by atoms with van der Waals surface area (Å²) in [5, 5.41) is 4.09. The van der Waals surface area contributed by atoms with Crippen molar-refractivity contribution in [3.63, 3.8) is 0 Å². The second-order valence-corrected chi connectivity index (χ2v) is 11.8. The number of anilines is 2. The predicted octanol–water partition coefficient (Wildman–Crippen LogP) is 5.69. The van der Waals surface area contributed by atoms with Gasteiger partial charge in [0.05, 0.1) is 23.4 Å². The molecule has 1 aliphatic heterocycles. The minimum atomic E-state index is -1.13. The zero-order valence-electron chi connectivity index (χ0n) is 27.0. The molecule has 4 heterocycles. The number of unbranched alkanes of at least 4 members (excludes halogenated alkanes) is 1. The Morgan fingerprint density at radius 2 is 1.76 bits per heavy atom. The smallest absolute Gasteiger partial charge is 0.261 e. The molecule has 3 aromatic heterocycles. The molecule has 0 saturated carbocycles. The van der Waals surface area contributed by atoms with Crippen LogP contribution in [0, 0.1) is 12.3 Å². The number of hydrogen-bond donors (Lipinski definition) is 1. The van der Waals surface area contributed by atoms with E-state index in [4.69, 9.17) is 9.15 Å². The summed E-state index contributed by atoms with van der Waals surface area (Å²) in [6.45, 7) is 10.2. The van der Waals surface area contributed by atoms with Crippen LogP contribution in [0.25, 0.3) is 11.0 Å². The lowest BCUT2D eigenvalue weighted by Crippen LogP contribution is -2.47. The number of benzene rings is 1. The third kappa shape index (κ3) is 7.74. The van der Waals surface area contributed by atoms with Gasteiger partial charge in [-0.2, -0.15) is 0 Å². The molecule has 46 heavy (non-hydrogen) atoms. The van der Waals surface area contributed by atoms with Gasteiger partial charge in [-0.3, -0.25) is 19.4 Å². The molecule has 0 radical (unpaired) electrons. The number of amides is 2. The lowest BCUT2D eigenvalue weighted by molar-refractivity contribution is -0.137. The number of nitrogens with one attached hydrogen (secondary N) is 1. The van der Waals surface area contributed by atoms with Crippen molar-refractivity contribution in [2.75, 3.05) is 36.5 Å². The first kappa shape index (κ1) is 36.6. The molecular formula is C34H43Cl2N5O5. The number of carbonyl (C=O) groups excluding carboxylic acids is 2. The van der Waals surface area contributed by atoms with Crippen LogP contribution in [0.1, 0.15) is 50.6 Å². The molecule has 10 nitrogen and oxygen atoms in total. The van der Waals surface area contributed by atoms with Crippen molar-refractivity contribution in [3.8, 4) is 5.75 Å². The van der Waals surface area contributed by atoms with Crippen LogP contribution < -0.4 is 25.4 Å². The van der Waals surface area contributed by atoms with Crippen molar-refractivity contribution < 1.29 is 18.7 Å². The molecule has 0 aliphatic carbocycles. The highest BCUT2D eigenvalue weighted by atomic mass is 35.5. The molecule has 1 aliphatic rings. The predicted molar refractivity (Wildman–Crippen MR) is 186 cm³/mol. The Morgan fingerprint density at radius 1 is 0.978 bits per heavy atom. The maximum absolute atomic E-state index is 13.1. The van der Waals surface area contributed by atoms with Gasteiger partial charge in [0.25, 0.3) is 5.56 Å². The Balaban J connectivity index is 0.00000288. The summed E-state index contributed by atoms with van der Waals surface area (Å²) in [5.41, 5.74) is 2.91. The molecule has 0 spiro atoms. The third-order valence-corrected chi connectivity index (χ3v) is 8.15. The van der Waals surface area contributed by atoms with Crippen LogP contribution in [-0.4, -0.2) is 48.1 Å². The van der Waals surface area contributed by atoms with Crippen LogP contribution >= 0.6 is 24.8 Å². The number of fused-ring (bicyclic) bond motifs is 2. The minimum absolute atomic E-state index is 0. The fourth-order valence-corrected chi connectivity index (χ4v) is 5.63. The van der Waals surface area contributed by atoms with E-state index in [1.165, 1.54) is 0 Å². The van der Waals surface area contributed by atoms with Gasteiger partial charge in [0.2, 0.25) is 11.8 Å². The molecule has 0 bridgehead atoms. The van der Waals surface area contributed by atoms with Crippen LogP contribution in [0.15, 0.2) is 64.1 Å². The van der Waals surface area contributed by atoms with Crippen molar-refractivity contribution in [2.24, 2.45) is 5.41 Å². The highest BCUT2D eigenvalue weighted by Gasteiger charge is 2.45. The fraction of sp³-hybridized carbons (Fsp3) is 0.412. The van der Waals surface area contributed by atoms with Crippen molar-refractivity contribution in [1.82, 2.24) is 14.9 Å². The topological polar surface area (TPSA) is 110 Å². The van der Waals surface area contributed by atoms with Crippen LogP contribution in [0.3, 0.4) is 0 Å². The van der Waals surface area contributed by atoms with Gasteiger partial charge in [0.15, 0.2) is 0 Å². The number of pyridine rings is 2. The van der Waals surface area contributed by atoms with E-state index >= 15 is 0 Å². The van der Waals surface area contributed by atoms with Gasteiger partial charge in [-0.15, -0.1) is 24.8 Å². The highest BCUT2D eigenvalue weighted by Crippen LogP contribution is 2.40. The van der Waals surface area contributed by atoms with Crippen molar-refractivity contribution >= 4 is 59.0 Å². The van der Waals surface area contributed by atoms with E-state index in [-0.39, 0.29) is 42.2 Å². The minimum Gasteiger partial charge on any atom is -0.494 e. The summed E-state index contributed by atoms with van der Waals surface area (Å²) in [4.78, 5) is 46.6. The first-order valence-electron chi connectivity index (χ1n) is 15.2. The number of aryl methyl sites for hydroxylation is 3. The highest BCUT2D eigenvalue weighted by molar-refractivity contribution is 6.20. The molecule has 0 unspecified atom stereocenters. The van der Waals surface area contributed by atoms with Crippen LogP contribution in [0.4, 0.5) is 11.4 Å². The Kier molecular flexibility index (Phi) is 12.4. The monoisotopic (exact) mass is 671 g/mol. The standard InChI is InChI=1S/C34H41N5O5.2ClH/c1-6-39-28-10-9-26(21-29(28)37(5)32(41)34(3,4)33(39)42)43-18-8-7-14-35-22-24-11-15-36-25(20-24)12-16-38-17-13-30-27(31(38)40)19-23(2)44-30;;/h9-11,13,15,17,19-21,35H,6-8,12,14,16,18,22H2,1-5H3;2*1H. The molecule has 0 saturated heterocycles. The summed E-state index contributed by atoms with van der Waals surface area (Å²) in [6.07, 6.45) is 6.05. The third-order valence-electron chi connectivity index (χ3n) is 8.15. The van der Waals surface area contributed by atoms with Gasteiger partial charge in [-0.25, -0.2) is 0 Å². The van der Waals surface area contributed by atoms with Crippen LogP contribution in [0.5, 0.6) is 5.75 Å². The molecule has 0 atom stereocenters. The van der Waals surface area contributed by atoms with Crippen molar-refractivity contribution in [1.29, 1.82) is 0 Å². The zero-order chi connectivity index (χ0) is 31.4. The average molecular weight is 673 g/mol. The van der Waals surface area contributed by atoms with Gasteiger partial charge < -0.3 is 28.8 Å². The number of carbonyl (C=O) groups is 2. The summed E-state index contributed by atoms with van der Waals surface area (Å²) in [5.74, 6) is 0.969. The quantitative estimate of drug-likeness (QED) is 0.152. The van der Waals surface area contributed by atoms with Crippen LogP contribution in [-0.2, 0) is 29.1 Å². The van der Waals surface area contributed by atoms with E-state index in [1.54, 1.807) is 47.5 Å². The molecule has 5 rings (SSSR count). The van der Waals surface area contributed by atoms with Crippen LogP contribution in [0.2, 0.25) is 0 Å². The van der Waals surface area contributed by atoms with E-state index < -0.39 is 5.41 Å². The zero-order valence-corrected chi connectivity index (χ0v) is 28.6. The normalized spacial score (nSPS) is 14.0. The Morgan fingerprint density at radius 3 is 2.52 bits per heavy atom. The molecule has 0 fully saturated rings. The van der Waals surface area contributed by atoms with E-state index in [9.17, 15) is 14.4 Å². The second-order valence-electron chi connectivity index (χ2n) is 11.8. The van der Waals surface area contributed by atoms with Gasteiger partial charge in [-0.1, -0.05) is 0 Å². The molecule has 248 valence electrons. The van der Waals surface area contributed by atoms with Gasteiger partial charge in [-0.05, 0) is 89.0 Å². The van der Waals surface area contributed by atoms with E-state index in [0.717, 1.165) is 48.6 Å². The lowest BCUT2D eigenvalue weighted by Gasteiger charge is -2.27. The molecule has 2 amide bonds. The number of hydrogen-bond acceptors (Lipinski definition) is 7. The number of ether oxygens (including phenoxy) is 1. The van der Waals surface area contributed by atoms with Gasteiger partial charge >= 0.3 is 0 Å². The molecule has 1 aromatic carbocycles. The fourth-order valence-electron chi connectivity index (χ4n) is 5.63. The first-order chi connectivity index (χ1) is 21.1. The van der Waals surface area contributed by atoms with Gasteiger partial charge in [0, 0.05) is 57.3 Å². The summed E-state index contributed by atoms with van der Waals surface area (Å²) in [6, 6.07) is 13.3. The van der Waals surface area contributed by atoms with E-state index in [0.29, 0.717) is 48.5 Å². The average Bonchev–Trinajstić information content (AvgIpc) is 3.39. The molecule has 1 N–H and O–H groups in total. The van der Waals surface area contributed by atoms with Crippen molar-refractivity contribution in [3.05, 3.63) is 82.2 Å². The Labute approximate surface area is 281 Å². The summed E-state index contributed by atoms with van der Waals surface area (Å²) in [7, 11) is 1.71. The maximum atomic E-state index is 13.1. The van der Waals surface area contributed by atoms with E-state index in [1.807, 2.05) is 50.4 Å². The number of nitrogens with zero attached hydrogens (tertiary/aromatic N) is 4. The Bertz CT molecular complexity index is 1730. The second kappa shape index (κ2) is 15.6. The van der Waals surface area contributed by atoms with E-state index in [2.05, 4.69) is 16.4 Å². The molecular weight excluding hydrogens is 629 g/mol. The first-order valence-corrected chi connectivity index (χ1v) is 15.2. The Hall–Kier alpha value is -3.86. The lowest BCUT2D eigenvalue weighted by atomic mass is 9.90. The summed E-state index contributed by atoms with van der Waals surface area (Å²) >= 11 is 0. The van der Waals surface area contributed by atoms with Gasteiger partial charge in [0.1, 0.15) is 22.5 Å². The largest absolute Gasteiger partial charge is 0.494 e. The number of aromatic nitrogens is 2.